The quantitative estimate of drug-likeness (QED) is 0.841. The number of aryl methyl sites for hydroxylation is 1. The smallest absolute Gasteiger partial charge is 0.255 e. The summed E-state index contributed by atoms with van der Waals surface area (Å²) in [6.07, 6.45) is 2.94. The number of carbonyl (C=O) groups is 1. The monoisotopic (exact) mass is 340 g/mol. The highest BCUT2D eigenvalue weighted by atomic mass is 79.9. The molecule has 5 heteroatoms. The lowest BCUT2D eigenvalue weighted by Crippen LogP contribution is -2.49. The summed E-state index contributed by atoms with van der Waals surface area (Å²) in [6.45, 7) is 2.70. The summed E-state index contributed by atoms with van der Waals surface area (Å²) in [6, 6.07) is 5.60. The van der Waals surface area contributed by atoms with E-state index in [0.717, 1.165) is 35.8 Å². The highest BCUT2D eigenvalue weighted by Gasteiger charge is 2.30. The number of piperidine rings is 1. The van der Waals surface area contributed by atoms with Gasteiger partial charge in [0.2, 0.25) is 0 Å². The number of halogens is 1. The summed E-state index contributed by atoms with van der Waals surface area (Å²) in [7, 11) is 0. The van der Waals surface area contributed by atoms with Crippen molar-refractivity contribution >= 4 is 39.0 Å². The molecular formula is C14H17BrN2OS. The van der Waals surface area contributed by atoms with E-state index in [0.29, 0.717) is 10.6 Å². The molecule has 1 fully saturated rings. The van der Waals surface area contributed by atoms with E-state index >= 15 is 0 Å². The van der Waals surface area contributed by atoms with Crippen LogP contribution in [0, 0.1) is 6.92 Å². The van der Waals surface area contributed by atoms with Crippen LogP contribution in [0.4, 0.5) is 0 Å². The van der Waals surface area contributed by atoms with Crippen molar-refractivity contribution in [1.82, 2.24) is 4.90 Å². The lowest BCUT2D eigenvalue weighted by atomic mass is 10.0. The molecule has 1 aromatic rings. The average molecular weight is 341 g/mol. The first kappa shape index (κ1) is 14.5. The van der Waals surface area contributed by atoms with Crippen molar-refractivity contribution in [3.05, 3.63) is 33.8 Å². The van der Waals surface area contributed by atoms with Gasteiger partial charge in [-0.1, -0.05) is 24.4 Å². The summed E-state index contributed by atoms with van der Waals surface area (Å²) >= 11 is 8.59. The molecule has 1 unspecified atom stereocenters. The van der Waals surface area contributed by atoms with Crippen LogP contribution in [0.1, 0.15) is 35.2 Å². The molecule has 1 saturated heterocycles. The Morgan fingerprint density at radius 3 is 2.89 bits per heavy atom. The molecule has 0 radical (unpaired) electrons. The van der Waals surface area contributed by atoms with E-state index in [1.54, 1.807) is 0 Å². The largest absolute Gasteiger partial charge is 0.392 e. The van der Waals surface area contributed by atoms with Crippen LogP contribution in [0.3, 0.4) is 0 Å². The average Bonchev–Trinajstić information content (AvgIpc) is 2.41. The van der Waals surface area contributed by atoms with Gasteiger partial charge in [0.1, 0.15) is 0 Å². The Morgan fingerprint density at radius 2 is 2.21 bits per heavy atom. The maximum absolute atomic E-state index is 12.7. The molecule has 0 aromatic heterocycles. The molecule has 1 heterocycles. The van der Waals surface area contributed by atoms with Crippen molar-refractivity contribution in [2.24, 2.45) is 5.73 Å². The third-order valence-corrected chi connectivity index (χ3v) is 4.84. The molecule has 2 N–H and O–H groups in total. The van der Waals surface area contributed by atoms with Gasteiger partial charge in [0.05, 0.1) is 16.6 Å². The lowest BCUT2D eigenvalue weighted by Gasteiger charge is -2.35. The Balaban J connectivity index is 2.31. The van der Waals surface area contributed by atoms with E-state index in [-0.39, 0.29) is 11.9 Å². The summed E-state index contributed by atoms with van der Waals surface area (Å²) in [5, 5.41) is 0. The maximum Gasteiger partial charge on any atom is 0.255 e. The van der Waals surface area contributed by atoms with Crippen LogP contribution < -0.4 is 5.73 Å². The second-order valence-electron chi connectivity index (χ2n) is 4.85. The van der Waals surface area contributed by atoms with Crippen molar-refractivity contribution in [2.45, 2.75) is 32.2 Å². The number of rotatable bonds is 2. The van der Waals surface area contributed by atoms with Crippen LogP contribution in [0.2, 0.25) is 0 Å². The number of nitrogens with zero attached hydrogens (tertiary/aromatic N) is 1. The Hall–Kier alpha value is -0.940. The highest BCUT2D eigenvalue weighted by molar-refractivity contribution is 9.10. The van der Waals surface area contributed by atoms with Crippen LogP contribution in [-0.4, -0.2) is 28.4 Å². The van der Waals surface area contributed by atoms with Gasteiger partial charge >= 0.3 is 0 Å². The molecular weight excluding hydrogens is 324 g/mol. The van der Waals surface area contributed by atoms with Gasteiger partial charge < -0.3 is 10.6 Å². The van der Waals surface area contributed by atoms with Gasteiger partial charge in [-0.15, -0.1) is 0 Å². The second-order valence-corrected chi connectivity index (χ2v) is 6.11. The van der Waals surface area contributed by atoms with Gasteiger partial charge in [-0.3, -0.25) is 4.79 Å². The van der Waals surface area contributed by atoms with Crippen LogP contribution >= 0.6 is 28.1 Å². The number of hydrogen-bond donors (Lipinski definition) is 1. The number of likely N-dealkylation sites (tertiary alicyclic amines) is 1. The van der Waals surface area contributed by atoms with Gasteiger partial charge in [-0.2, -0.15) is 0 Å². The van der Waals surface area contributed by atoms with E-state index in [1.165, 1.54) is 0 Å². The van der Waals surface area contributed by atoms with Crippen LogP contribution in [0.5, 0.6) is 0 Å². The molecule has 1 amide bonds. The van der Waals surface area contributed by atoms with Gasteiger partial charge in [-0.05, 0) is 53.7 Å². The minimum Gasteiger partial charge on any atom is -0.392 e. The molecule has 1 aromatic carbocycles. The minimum absolute atomic E-state index is 0.00748. The summed E-state index contributed by atoms with van der Waals surface area (Å²) in [4.78, 5) is 14.9. The SMILES string of the molecule is Cc1cccc(C(=O)N2CCCCC2C(N)=S)c1Br. The molecule has 0 spiro atoms. The molecule has 1 aliphatic heterocycles. The zero-order valence-corrected chi connectivity index (χ0v) is 13.3. The van der Waals surface area contributed by atoms with Crippen molar-refractivity contribution in [3.8, 4) is 0 Å². The zero-order valence-electron chi connectivity index (χ0n) is 10.9. The summed E-state index contributed by atoms with van der Waals surface area (Å²) in [5.41, 5.74) is 7.50. The Bertz CT molecular complexity index is 518. The fourth-order valence-electron chi connectivity index (χ4n) is 2.44. The molecule has 0 bridgehead atoms. The molecule has 19 heavy (non-hydrogen) atoms. The third kappa shape index (κ3) is 2.98. The third-order valence-electron chi connectivity index (χ3n) is 3.51. The zero-order chi connectivity index (χ0) is 14.0. The maximum atomic E-state index is 12.7. The lowest BCUT2D eigenvalue weighted by molar-refractivity contribution is 0.0680. The van der Waals surface area contributed by atoms with Crippen molar-refractivity contribution in [3.63, 3.8) is 0 Å². The van der Waals surface area contributed by atoms with E-state index in [4.69, 9.17) is 18.0 Å². The number of thiocarbonyl (C=S) groups is 1. The Kier molecular flexibility index (Phi) is 4.58. The fourth-order valence-corrected chi connectivity index (χ4v) is 3.12. The van der Waals surface area contributed by atoms with Gasteiger partial charge in [0.15, 0.2) is 0 Å². The minimum atomic E-state index is -0.108. The number of carbonyl (C=O) groups excluding carboxylic acids is 1. The van der Waals surface area contributed by atoms with E-state index < -0.39 is 0 Å². The van der Waals surface area contributed by atoms with Crippen molar-refractivity contribution in [2.75, 3.05) is 6.54 Å². The molecule has 0 saturated carbocycles. The molecule has 1 aliphatic rings. The normalized spacial score (nSPS) is 19.3. The number of hydrogen-bond acceptors (Lipinski definition) is 2. The predicted molar refractivity (Wildman–Crippen MR) is 84.3 cm³/mol. The first-order chi connectivity index (χ1) is 9.02. The van der Waals surface area contributed by atoms with Gasteiger partial charge in [-0.25, -0.2) is 0 Å². The van der Waals surface area contributed by atoms with E-state index in [2.05, 4.69) is 15.9 Å². The summed E-state index contributed by atoms with van der Waals surface area (Å²) < 4.78 is 0.854. The molecule has 0 aliphatic carbocycles. The highest BCUT2D eigenvalue weighted by Crippen LogP contribution is 2.26. The van der Waals surface area contributed by atoms with Crippen LogP contribution in [-0.2, 0) is 0 Å². The van der Waals surface area contributed by atoms with Crippen molar-refractivity contribution < 1.29 is 4.79 Å². The summed E-state index contributed by atoms with van der Waals surface area (Å²) in [5.74, 6) is 0.00748. The van der Waals surface area contributed by atoms with E-state index in [1.807, 2.05) is 30.0 Å². The second kappa shape index (κ2) is 6.01. The van der Waals surface area contributed by atoms with Crippen molar-refractivity contribution in [1.29, 1.82) is 0 Å². The van der Waals surface area contributed by atoms with Crippen LogP contribution in [0.25, 0.3) is 0 Å². The Morgan fingerprint density at radius 1 is 1.47 bits per heavy atom. The molecule has 2 rings (SSSR count). The molecule has 102 valence electrons. The first-order valence-corrected chi connectivity index (χ1v) is 7.58. The molecule has 3 nitrogen and oxygen atoms in total. The molecule has 1 atom stereocenters. The number of amides is 1. The van der Waals surface area contributed by atoms with Crippen LogP contribution in [0.15, 0.2) is 22.7 Å². The number of nitrogens with two attached hydrogens (primary N) is 1. The fraction of sp³-hybridized carbons (Fsp3) is 0.429. The first-order valence-electron chi connectivity index (χ1n) is 6.37. The van der Waals surface area contributed by atoms with Gasteiger partial charge in [0.25, 0.3) is 5.91 Å². The Labute approximate surface area is 127 Å². The number of benzene rings is 1. The predicted octanol–water partition coefficient (Wildman–Crippen LogP) is 3.04. The standard InChI is InChI=1S/C14H17BrN2OS/c1-9-5-4-6-10(12(9)15)14(18)17-8-3-2-7-11(17)13(16)19/h4-6,11H,2-3,7-8H2,1H3,(H2,16,19). The van der Waals surface area contributed by atoms with E-state index in [9.17, 15) is 4.79 Å². The van der Waals surface area contributed by atoms with Gasteiger partial charge in [0, 0.05) is 11.0 Å². The topological polar surface area (TPSA) is 46.3 Å².